The smallest absolute Gasteiger partial charge is 0.244 e. The molecular weight excluding hydrogens is 300 g/mol. The third-order valence-corrected chi connectivity index (χ3v) is 4.31. The van der Waals surface area contributed by atoms with Crippen LogP contribution in [0.1, 0.15) is 24.5 Å². The number of fused-ring (bicyclic) bond motifs is 1. The lowest BCUT2D eigenvalue weighted by atomic mass is 9.99. The van der Waals surface area contributed by atoms with E-state index >= 15 is 0 Å². The molecule has 0 spiro atoms. The maximum Gasteiger partial charge on any atom is 0.244 e. The molecule has 0 saturated carbocycles. The average molecular weight is 324 g/mol. The summed E-state index contributed by atoms with van der Waals surface area (Å²) < 4.78 is 1.95. The monoisotopic (exact) mass is 324 g/mol. The highest BCUT2D eigenvalue weighted by Crippen LogP contribution is 2.27. The maximum atomic E-state index is 12.1. The lowest BCUT2D eigenvalue weighted by molar-refractivity contribution is -0.117. The predicted octanol–water partition coefficient (Wildman–Crippen LogP) is 2.48. The van der Waals surface area contributed by atoms with Crippen LogP contribution in [-0.4, -0.2) is 35.1 Å². The van der Waals surface area contributed by atoms with Crippen LogP contribution >= 0.6 is 0 Å². The predicted molar refractivity (Wildman–Crippen MR) is 96.9 cm³/mol. The van der Waals surface area contributed by atoms with Crippen LogP contribution in [0.15, 0.2) is 43.0 Å². The SMILES string of the molecule is C[C@@H](Cn1ccnc1)NC(=O)/C=C/c1ccc2c(c1)CCCN2C. The van der Waals surface area contributed by atoms with Crippen LogP contribution in [0.4, 0.5) is 5.69 Å². The molecule has 3 rings (SSSR count). The molecule has 1 atom stereocenters. The second kappa shape index (κ2) is 7.34. The Bertz CT molecular complexity index is 721. The molecule has 0 aliphatic carbocycles. The molecule has 5 heteroatoms. The van der Waals surface area contributed by atoms with Crippen molar-refractivity contribution in [1.82, 2.24) is 14.9 Å². The minimum atomic E-state index is -0.0718. The van der Waals surface area contributed by atoms with Crippen molar-refractivity contribution in [2.75, 3.05) is 18.5 Å². The van der Waals surface area contributed by atoms with Gasteiger partial charge in [-0.05, 0) is 49.1 Å². The van der Waals surface area contributed by atoms with Gasteiger partial charge >= 0.3 is 0 Å². The molecule has 126 valence electrons. The summed E-state index contributed by atoms with van der Waals surface area (Å²) in [5, 5.41) is 2.98. The van der Waals surface area contributed by atoms with Gasteiger partial charge in [-0.1, -0.05) is 6.07 Å². The Morgan fingerprint density at radius 1 is 1.46 bits per heavy atom. The molecule has 5 nitrogen and oxygen atoms in total. The maximum absolute atomic E-state index is 12.1. The molecule has 24 heavy (non-hydrogen) atoms. The Labute approximate surface area is 143 Å². The van der Waals surface area contributed by atoms with Crippen LogP contribution in [0, 0.1) is 0 Å². The summed E-state index contributed by atoms with van der Waals surface area (Å²) in [4.78, 5) is 18.4. The third-order valence-electron chi connectivity index (χ3n) is 4.31. The fourth-order valence-corrected chi connectivity index (χ4v) is 3.13. The summed E-state index contributed by atoms with van der Waals surface area (Å²) in [6.45, 7) is 3.81. The van der Waals surface area contributed by atoms with E-state index in [1.54, 1.807) is 18.6 Å². The first-order chi connectivity index (χ1) is 11.6. The topological polar surface area (TPSA) is 50.2 Å². The van der Waals surface area contributed by atoms with Crippen molar-refractivity contribution in [3.05, 3.63) is 54.1 Å². The first-order valence-corrected chi connectivity index (χ1v) is 8.40. The molecule has 1 aliphatic rings. The van der Waals surface area contributed by atoms with E-state index in [1.165, 1.54) is 17.7 Å². The molecule has 1 N–H and O–H groups in total. The van der Waals surface area contributed by atoms with E-state index in [0.29, 0.717) is 6.54 Å². The van der Waals surface area contributed by atoms with Gasteiger partial charge in [0.15, 0.2) is 0 Å². The normalized spacial score (nSPS) is 15.3. The van der Waals surface area contributed by atoms with Crippen LogP contribution in [0.25, 0.3) is 6.08 Å². The highest BCUT2D eigenvalue weighted by atomic mass is 16.1. The van der Waals surface area contributed by atoms with E-state index in [-0.39, 0.29) is 11.9 Å². The fourth-order valence-electron chi connectivity index (χ4n) is 3.13. The minimum absolute atomic E-state index is 0.0496. The summed E-state index contributed by atoms with van der Waals surface area (Å²) in [5.41, 5.74) is 3.73. The summed E-state index contributed by atoms with van der Waals surface area (Å²) >= 11 is 0. The molecule has 0 bridgehead atoms. The number of nitrogens with zero attached hydrogens (tertiary/aromatic N) is 3. The molecule has 2 heterocycles. The number of amides is 1. The van der Waals surface area contributed by atoms with Gasteiger partial charge in [0.1, 0.15) is 0 Å². The molecule has 2 aromatic rings. The number of imidazole rings is 1. The Hall–Kier alpha value is -2.56. The van der Waals surface area contributed by atoms with E-state index in [1.807, 2.05) is 23.8 Å². The quantitative estimate of drug-likeness (QED) is 0.860. The highest BCUT2D eigenvalue weighted by molar-refractivity contribution is 5.92. The van der Waals surface area contributed by atoms with Gasteiger partial charge < -0.3 is 14.8 Å². The standard InChI is InChI=1S/C19H24N4O/c1-15(13-23-11-9-20-14-23)21-19(24)8-6-16-5-7-18-17(12-16)4-3-10-22(18)2/h5-9,11-12,14-15H,3-4,10,13H2,1-2H3,(H,21,24)/b8-6+/t15-/m0/s1. The zero-order valence-electron chi connectivity index (χ0n) is 14.3. The number of benzene rings is 1. The van der Waals surface area contributed by atoms with Crippen LogP contribution in [-0.2, 0) is 17.8 Å². The number of hydrogen-bond acceptors (Lipinski definition) is 3. The van der Waals surface area contributed by atoms with E-state index < -0.39 is 0 Å². The van der Waals surface area contributed by atoms with Crippen molar-refractivity contribution in [2.45, 2.75) is 32.4 Å². The van der Waals surface area contributed by atoms with E-state index in [4.69, 9.17) is 0 Å². The number of nitrogens with one attached hydrogen (secondary N) is 1. The van der Waals surface area contributed by atoms with Crippen LogP contribution in [0.2, 0.25) is 0 Å². The Balaban J connectivity index is 1.58. The van der Waals surface area contributed by atoms with Crippen molar-refractivity contribution < 1.29 is 4.79 Å². The first-order valence-electron chi connectivity index (χ1n) is 8.40. The van der Waals surface area contributed by atoms with Crippen molar-refractivity contribution >= 4 is 17.7 Å². The number of carbonyl (C=O) groups is 1. The van der Waals surface area contributed by atoms with Gasteiger partial charge in [-0.2, -0.15) is 0 Å². The Kier molecular flexibility index (Phi) is 4.99. The summed E-state index contributed by atoms with van der Waals surface area (Å²) in [6, 6.07) is 6.45. The van der Waals surface area contributed by atoms with Gasteiger partial charge in [0, 0.05) is 50.3 Å². The molecule has 1 aromatic heterocycles. The van der Waals surface area contributed by atoms with E-state index in [2.05, 4.69) is 40.4 Å². The first kappa shape index (κ1) is 16.3. The van der Waals surface area contributed by atoms with Gasteiger partial charge in [-0.25, -0.2) is 4.98 Å². The summed E-state index contributed by atoms with van der Waals surface area (Å²) in [5.74, 6) is -0.0718. The average Bonchev–Trinajstić information content (AvgIpc) is 3.06. The second-order valence-electron chi connectivity index (χ2n) is 6.42. The molecule has 0 radical (unpaired) electrons. The molecule has 1 aliphatic heterocycles. The Morgan fingerprint density at radius 2 is 2.33 bits per heavy atom. The largest absolute Gasteiger partial charge is 0.374 e. The van der Waals surface area contributed by atoms with Crippen LogP contribution < -0.4 is 10.2 Å². The highest BCUT2D eigenvalue weighted by Gasteiger charge is 2.13. The van der Waals surface area contributed by atoms with Crippen LogP contribution in [0.5, 0.6) is 0 Å². The summed E-state index contributed by atoms with van der Waals surface area (Å²) in [7, 11) is 2.13. The number of aromatic nitrogens is 2. The molecule has 0 fully saturated rings. The van der Waals surface area contributed by atoms with Gasteiger partial charge in [-0.3, -0.25) is 4.79 Å². The summed E-state index contributed by atoms with van der Waals surface area (Å²) in [6.07, 6.45) is 11.2. The third kappa shape index (κ3) is 4.04. The zero-order chi connectivity index (χ0) is 16.9. The lowest BCUT2D eigenvalue weighted by Crippen LogP contribution is -2.34. The Morgan fingerprint density at radius 3 is 3.12 bits per heavy atom. The lowest BCUT2D eigenvalue weighted by Gasteiger charge is -2.27. The van der Waals surface area contributed by atoms with Crippen molar-refractivity contribution in [1.29, 1.82) is 0 Å². The van der Waals surface area contributed by atoms with E-state index in [9.17, 15) is 4.79 Å². The number of hydrogen-bond donors (Lipinski definition) is 1. The fraction of sp³-hybridized carbons (Fsp3) is 0.368. The van der Waals surface area contributed by atoms with Gasteiger partial charge in [0.25, 0.3) is 0 Å². The van der Waals surface area contributed by atoms with Gasteiger partial charge in [-0.15, -0.1) is 0 Å². The number of rotatable bonds is 5. The van der Waals surface area contributed by atoms with Crippen molar-refractivity contribution in [2.24, 2.45) is 0 Å². The molecule has 1 amide bonds. The van der Waals surface area contributed by atoms with Crippen molar-refractivity contribution in [3.8, 4) is 0 Å². The molecule has 0 unspecified atom stereocenters. The minimum Gasteiger partial charge on any atom is -0.374 e. The van der Waals surface area contributed by atoms with E-state index in [0.717, 1.165) is 18.5 Å². The van der Waals surface area contributed by atoms with Gasteiger partial charge in [0.2, 0.25) is 5.91 Å². The number of carbonyl (C=O) groups excluding carboxylic acids is 1. The zero-order valence-corrected chi connectivity index (χ0v) is 14.3. The molecule has 1 aromatic carbocycles. The van der Waals surface area contributed by atoms with Gasteiger partial charge in [0.05, 0.1) is 6.33 Å². The molecular formula is C19H24N4O. The van der Waals surface area contributed by atoms with Crippen LogP contribution in [0.3, 0.4) is 0 Å². The number of anilines is 1. The number of aryl methyl sites for hydroxylation is 1. The molecule has 0 saturated heterocycles. The second-order valence-corrected chi connectivity index (χ2v) is 6.42. The van der Waals surface area contributed by atoms with Crippen molar-refractivity contribution in [3.63, 3.8) is 0 Å².